The van der Waals surface area contributed by atoms with E-state index in [0.29, 0.717) is 11.3 Å². The number of rotatable bonds is 6. The van der Waals surface area contributed by atoms with Gasteiger partial charge in [-0.2, -0.15) is 0 Å². The molecule has 3 rings (SSSR count). The smallest absolute Gasteiger partial charge is 0.257 e. The van der Waals surface area contributed by atoms with Crippen molar-refractivity contribution in [3.8, 4) is 5.75 Å². The highest BCUT2D eigenvalue weighted by atomic mass is 16.5. The molecule has 1 aromatic carbocycles. The SMILES string of the molecule is COc1ccccc1C(=O)N(CCN1CCOCC1)C1CCOCC1. The fraction of sp³-hybridized carbons (Fsp3) is 0.632. The lowest BCUT2D eigenvalue weighted by Crippen LogP contribution is -2.48. The summed E-state index contributed by atoms with van der Waals surface area (Å²) < 4.78 is 16.3. The van der Waals surface area contributed by atoms with Crippen molar-refractivity contribution < 1.29 is 19.0 Å². The van der Waals surface area contributed by atoms with Gasteiger partial charge < -0.3 is 19.1 Å². The average molecular weight is 348 g/mol. The van der Waals surface area contributed by atoms with Gasteiger partial charge in [0, 0.05) is 45.4 Å². The predicted molar refractivity (Wildman–Crippen MR) is 95.1 cm³/mol. The van der Waals surface area contributed by atoms with Crippen molar-refractivity contribution in [3.05, 3.63) is 29.8 Å². The van der Waals surface area contributed by atoms with E-state index in [1.807, 2.05) is 29.2 Å². The molecule has 0 bridgehead atoms. The molecule has 2 aliphatic rings. The highest BCUT2D eigenvalue weighted by molar-refractivity contribution is 5.97. The zero-order valence-electron chi connectivity index (χ0n) is 15.0. The Bertz CT molecular complexity index is 554. The molecule has 0 radical (unpaired) electrons. The number of carbonyl (C=O) groups is 1. The van der Waals surface area contributed by atoms with Crippen LogP contribution in [0.3, 0.4) is 0 Å². The van der Waals surface area contributed by atoms with Crippen molar-refractivity contribution in [2.24, 2.45) is 0 Å². The lowest BCUT2D eigenvalue weighted by Gasteiger charge is -2.36. The quantitative estimate of drug-likeness (QED) is 0.782. The molecule has 0 aromatic heterocycles. The van der Waals surface area contributed by atoms with E-state index in [-0.39, 0.29) is 11.9 Å². The van der Waals surface area contributed by atoms with Gasteiger partial charge in [-0.3, -0.25) is 9.69 Å². The van der Waals surface area contributed by atoms with Gasteiger partial charge in [0.05, 0.1) is 25.9 Å². The molecule has 0 atom stereocenters. The molecule has 1 aromatic rings. The molecule has 6 heteroatoms. The van der Waals surface area contributed by atoms with Crippen LogP contribution in [0.25, 0.3) is 0 Å². The Hall–Kier alpha value is -1.63. The lowest BCUT2D eigenvalue weighted by molar-refractivity contribution is 0.0140. The molecule has 0 saturated carbocycles. The van der Waals surface area contributed by atoms with Crippen LogP contribution in [0.5, 0.6) is 5.75 Å². The number of amides is 1. The van der Waals surface area contributed by atoms with E-state index in [0.717, 1.165) is 65.4 Å². The van der Waals surface area contributed by atoms with Crippen LogP contribution in [0.15, 0.2) is 24.3 Å². The Kier molecular flexibility index (Phi) is 6.67. The maximum absolute atomic E-state index is 13.3. The Morgan fingerprint density at radius 2 is 1.84 bits per heavy atom. The van der Waals surface area contributed by atoms with E-state index in [9.17, 15) is 4.79 Å². The van der Waals surface area contributed by atoms with Crippen molar-refractivity contribution >= 4 is 5.91 Å². The number of methoxy groups -OCH3 is 1. The predicted octanol–water partition coefficient (Wildman–Crippen LogP) is 1.65. The minimum Gasteiger partial charge on any atom is -0.496 e. The van der Waals surface area contributed by atoms with Crippen molar-refractivity contribution in [2.45, 2.75) is 18.9 Å². The van der Waals surface area contributed by atoms with Gasteiger partial charge in [-0.15, -0.1) is 0 Å². The van der Waals surface area contributed by atoms with Gasteiger partial charge in [-0.05, 0) is 25.0 Å². The second kappa shape index (κ2) is 9.17. The Morgan fingerprint density at radius 1 is 1.16 bits per heavy atom. The van der Waals surface area contributed by atoms with Gasteiger partial charge in [-0.25, -0.2) is 0 Å². The number of morpholine rings is 1. The first-order valence-corrected chi connectivity index (χ1v) is 9.11. The Morgan fingerprint density at radius 3 is 2.56 bits per heavy atom. The number of nitrogens with zero attached hydrogens (tertiary/aromatic N) is 2. The maximum atomic E-state index is 13.3. The molecule has 0 spiro atoms. The van der Waals surface area contributed by atoms with E-state index in [1.54, 1.807) is 7.11 Å². The summed E-state index contributed by atoms with van der Waals surface area (Å²) >= 11 is 0. The van der Waals surface area contributed by atoms with Crippen LogP contribution in [-0.4, -0.2) is 81.5 Å². The summed E-state index contributed by atoms with van der Waals surface area (Å²) in [5, 5.41) is 0. The van der Waals surface area contributed by atoms with Crippen LogP contribution >= 0.6 is 0 Å². The highest BCUT2D eigenvalue weighted by Gasteiger charge is 2.28. The minimum absolute atomic E-state index is 0.0533. The standard InChI is InChI=1S/C19H28N2O4/c1-23-18-5-3-2-4-17(18)19(22)21(16-6-12-24-13-7-16)9-8-20-10-14-25-15-11-20/h2-5,16H,6-15H2,1H3. The lowest BCUT2D eigenvalue weighted by atomic mass is 10.0. The Balaban J connectivity index is 1.73. The number of ether oxygens (including phenoxy) is 3. The van der Waals surface area contributed by atoms with Crippen LogP contribution in [0.1, 0.15) is 23.2 Å². The third-order valence-electron chi connectivity index (χ3n) is 4.99. The number of carbonyl (C=O) groups excluding carboxylic acids is 1. The first-order valence-electron chi connectivity index (χ1n) is 9.11. The van der Waals surface area contributed by atoms with Gasteiger partial charge in [0.1, 0.15) is 5.75 Å². The second-order valence-corrected chi connectivity index (χ2v) is 6.50. The molecule has 1 amide bonds. The summed E-state index contributed by atoms with van der Waals surface area (Å²) in [6, 6.07) is 7.70. The van der Waals surface area contributed by atoms with Gasteiger partial charge >= 0.3 is 0 Å². The molecule has 25 heavy (non-hydrogen) atoms. The van der Waals surface area contributed by atoms with Gasteiger partial charge in [0.2, 0.25) is 0 Å². The van der Waals surface area contributed by atoms with Crippen LogP contribution < -0.4 is 4.74 Å². The first-order chi connectivity index (χ1) is 12.3. The van der Waals surface area contributed by atoms with E-state index in [4.69, 9.17) is 14.2 Å². The fourth-order valence-electron chi connectivity index (χ4n) is 3.50. The topological polar surface area (TPSA) is 51.2 Å². The van der Waals surface area contributed by atoms with Crippen LogP contribution in [0, 0.1) is 0 Å². The van der Waals surface area contributed by atoms with Crippen molar-refractivity contribution in [3.63, 3.8) is 0 Å². The summed E-state index contributed by atoms with van der Waals surface area (Å²) in [7, 11) is 1.61. The zero-order chi connectivity index (χ0) is 17.5. The number of benzene rings is 1. The molecule has 6 nitrogen and oxygen atoms in total. The summed E-state index contributed by atoms with van der Waals surface area (Å²) in [5.41, 5.74) is 0.637. The van der Waals surface area contributed by atoms with Crippen molar-refractivity contribution in [2.75, 3.05) is 59.7 Å². The molecule has 2 fully saturated rings. The number of hydrogen-bond acceptors (Lipinski definition) is 5. The zero-order valence-corrected chi connectivity index (χ0v) is 15.0. The van der Waals surface area contributed by atoms with E-state index in [2.05, 4.69) is 4.90 Å². The first kappa shape index (κ1) is 18.2. The molecule has 2 saturated heterocycles. The molecular weight excluding hydrogens is 320 g/mol. The van der Waals surface area contributed by atoms with E-state index >= 15 is 0 Å². The number of para-hydroxylation sites is 1. The van der Waals surface area contributed by atoms with E-state index < -0.39 is 0 Å². The van der Waals surface area contributed by atoms with Crippen molar-refractivity contribution in [1.82, 2.24) is 9.80 Å². The molecule has 2 heterocycles. The third kappa shape index (κ3) is 4.71. The minimum atomic E-state index is 0.0533. The molecule has 0 unspecified atom stereocenters. The Labute approximate surface area is 149 Å². The van der Waals surface area contributed by atoms with Crippen LogP contribution in [0.4, 0.5) is 0 Å². The van der Waals surface area contributed by atoms with E-state index in [1.165, 1.54) is 0 Å². The molecule has 2 aliphatic heterocycles. The molecule has 138 valence electrons. The highest BCUT2D eigenvalue weighted by Crippen LogP contribution is 2.23. The second-order valence-electron chi connectivity index (χ2n) is 6.50. The molecule has 0 N–H and O–H groups in total. The monoisotopic (exact) mass is 348 g/mol. The largest absolute Gasteiger partial charge is 0.496 e. The van der Waals surface area contributed by atoms with Crippen LogP contribution in [0.2, 0.25) is 0 Å². The molecular formula is C19H28N2O4. The van der Waals surface area contributed by atoms with Crippen molar-refractivity contribution in [1.29, 1.82) is 0 Å². The summed E-state index contributed by atoms with van der Waals surface area (Å²) in [4.78, 5) is 17.6. The third-order valence-corrected chi connectivity index (χ3v) is 4.99. The summed E-state index contributed by atoms with van der Waals surface area (Å²) in [6.07, 6.45) is 1.79. The molecule has 0 aliphatic carbocycles. The van der Waals surface area contributed by atoms with Gasteiger partial charge in [0.15, 0.2) is 0 Å². The van der Waals surface area contributed by atoms with Gasteiger partial charge in [0.25, 0.3) is 5.91 Å². The maximum Gasteiger partial charge on any atom is 0.257 e. The summed E-state index contributed by atoms with van der Waals surface area (Å²) in [6.45, 7) is 6.46. The fourth-order valence-corrected chi connectivity index (χ4v) is 3.50. The average Bonchev–Trinajstić information content (AvgIpc) is 2.69. The van der Waals surface area contributed by atoms with Crippen LogP contribution in [-0.2, 0) is 9.47 Å². The normalized spacial score (nSPS) is 19.6. The van der Waals surface area contributed by atoms with Gasteiger partial charge in [-0.1, -0.05) is 12.1 Å². The number of hydrogen-bond donors (Lipinski definition) is 0. The summed E-state index contributed by atoms with van der Waals surface area (Å²) in [5.74, 6) is 0.688.